The van der Waals surface area contributed by atoms with E-state index in [4.69, 9.17) is 0 Å². The second-order valence-electron chi connectivity index (χ2n) is 6.60. The van der Waals surface area contributed by atoms with E-state index in [0.717, 1.165) is 0 Å². The highest BCUT2D eigenvalue weighted by Gasteiger charge is 2.23. The first-order valence-electron chi connectivity index (χ1n) is 7.47. The van der Waals surface area contributed by atoms with Crippen molar-refractivity contribution in [2.45, 2.75) is 33.8 Å². The molecule has 2 rings (SSSR count). The molecular weight excluding hydrogens is 297 g/mol. The van der Waals surface area contributed by atoms with Gasteiger partial charge in [0, 0.05) is 6.54 Å². The number of halogens is 1. The Morgan fingerprint density at radius 1 is 1.39 bits per heavy atom. The van der Waals surface area contributed by atoms with Gasteiger partial charge in [-0.1, -0.05) is 32.9 Å². The van der Waals surface area contributed by atoms with Crippen LogP contribution < -0.4 is 5.32 Å². The first kappa shape index (κ1) is 17.1. The van der Waals surface area contributed by atoms with Gasteiger partial charge in [0.05, 0.1) is 23.6 Å². The zero-order chi connectivity index (χ0) is 17.2. The molecule has 1 unspecified atom stereocenters. The van der Waals surface area contributed by atoms with Gasteiger partial charge in [-0.15, -0.1) is 0 Å². The summed E-state index contributed by atoms with van der Waals surface area (Å²) < 4.78 is 15.2. The number of amides is 1. The third-order valence-electron chi connectivity index (χ3n) is 3.79. The molecule has 1 atom stereocenters. The summed E-state index contributed by atoms with van der Waals surface area (Å²) in [5, 5.41) is 16.8. The second kappa shape index (κ2) is 6.50. The van der Waals surface area contributed by atoms with Crippen molar-refractivity contribution >= 4 is 5.91 Å². The van der Waals surface area contributed by atoms with Crippen LogP contribution in [0.1, 0.15) is 36.8 Å². The minimum Gasteiger partial charge on any atom is -0.391 e. The highest BCUT2D eigenvalue weighted by molar-refractivity contribution is 5.95. The molecule has 0 aliphatic heterocycles. The van der Waals surface area contributed by atoms with Crippen LogP contribution in [0.25, 0.3) is 5.69 Å². The number of aliphatic hydroxyl groups is 1. The van der Waals surface area contributed by atoms with Crippen LogP contribution in [0.3, 0.4) is 0 Å². The van der Waals surface area contributed by atoms with Gasteiger partial charge in [0.2, 0.25) is 0 Å². The number of nitrogens with zero attached hydrogens (tertiary/aromatic N) is 2. The van der Waals surface area contributed by atoms with E-state index < -0.39 is 11.9 Å². The highest BCUT2D eigenvalue weighted by atomic mass is 19.1. The van der Waals surface area contributed by atoms with Crippen LogP contribution in [0, 0.1) is 18.2 Å². The summed E-state index contributed by atoms with van der Waals surface area (Å²) in [6.45, 7) is 7.53. The number of rotatable bonds is 4. The van der Waals surface area contributed by atoms with Gasteiger partial charge < -0.3 is 10.4 Å². The number of nitrogens with one attached hydrogen (secondary N) is 1. The van der Waals surface area contributed by atoms with Gasteiger partial charge in [-0.3, -0.25) is 4.79 Å². The molecule has 0 aliphatic rings. The normalized spacial score (nSPS) is 13.0. The van der Waals surface area contributed by atoms with Crippen LogP contribution in [0.5, 0.6) is 0 Å². The molecule has 124 valence electrons. The third-order valence-corrected chi connectivity index (χ3v) is 3.79. The van der Waals surface area contributed by atoms with Crippen LogP contribution in [0.15, 0.2) is 30.5 Å². The number of carbonyl (C=O) groups excluding carboxylic acids is 1. The van der Waals surface area contributed by atoms with E-state index in [-0.39, 0.29) is 17.9 Å². The van der Waals surface area contributed by atoms with Crippen molar-refractivity contribution < 1.29 is 14.3 Å². The number of carbonyl (C=O) groups is 1. The van der Waals surface area contributed by atoms with E-state index in [9.17, 15) is 14.3 Å². The fourth-order valence-corrected chi connectivity index (χ4v) is 2.09. The summed E-state index contributed by atoms with van der Waals surface area (Å²) in [6, 6.07) is 6.24. The molecule has 1 heterocycles. The van der Waals surface area contributed by atoms with Crippen molar-refractivity contribution in [3.63, 3.8) is 0 Å². The first-order valence-corrected chi connectivity index (χ1v) is 7.47. The monoisotopic (exact) mass is 319 g/mol. The Balaban J connectivity index is 2.16. The molecule has 0 spiro atoms. The van der Waals surface area contributed by atoms with Crippen molar-refractivity contribution in [2.75, 3.05) is 6.54 Å². The van der Waals surface area contributed by atoms with Gasteiger partial charge in [-0.25, -0.2) is 9.07 Å². The standard InChI is InChI=1S/C17H22FN3O2/c1-11-12(16(23)19-10-15(22)17(2,3)4)9-20-21(11)14-8-6-5-7-13(14)18/h5-9,15,22H,10H2,1-4H3,(H,19,23). The Bertz CT molecular complexity index is 704. The van der Waals surface area contributed by atoms with Crippen molar-refractivity contribution in [3.05, 3.63) is 47.5 Å². The van der Waals surface area contributed by atoms with Gasteiger partial charge >= 0.3 is 0 Å². The second-order valence-corrected chi connectivity index (χ2v) is 6.60. The Kier molecular flexibility index (Phi) is 4.85. The molecule has 0 fully saturated rings. The largest absolute Gasteiger partial charge is 0.391 e. The quantitative estimate of drug-likeness (QED) is 0.909. The van der Waals surface area contributed by atoms with Gasteiger partial charge in [-0.2, -0.15) is 5.10 Å². The predicted molar refractivity (Wildman–Crippen MR) is 86.1 cm³/mol. The van der Waals surface area contributed by atoms with Crippen LogP contribution in [0.4, 0.5) is 4.39 Å². The minimum atomic E-state index is -0.659. The summed E-state index contributed by atoms with van der Waals surface area (Å²) >= 11 is 0. The van der Waals surface area contributed by atoms with E-state index in [1.54, 1.807) is 25.1 Å². The Morgan fingerprint density at radius 3 is 2.65 bits per heavy atom. The number of benzene rings is 1. The molecule has 6 heteroatoms. The van der Waals surface area contributed by atoms with Crippen molar-refractivity contribution in [1.82, 2.24) is 15.1 Å². The zero-order valence-corrected chi connectivity index (χ0v) is 13.8. The van der Waals surface area contributed by atoms with Crippen LogP contribution in [0.2, 0.25) is 0 Å². The summed E-state index contributed by atoms with van der Waals surface area (Å²) in [6.07, 6.45) is 0.744. The lowest BCUT2D eigenvalue weighted by Gasteiger charge is -2.25. The molecule has 0 saturated heterocycles. The molecule has 1 aromatic heterocycles. The number of aliphatic hydroxyl groups excluding tert-OH is 1. The molecule has 2 N–H and O–H groups in total. The molecule has 5 nitrogen and oxygen atoms in total. The summed E-state index contributed by atoms with van der Waals surface area (Å²) in [5.74, 6) is -0.748. The highest BCUT2D eigenvalue weighted by Crippen LogP contribution is 2.19. The third kappa shape index (κ3) is 3.76. The van der Waals surface area contributed by atoms with Crippen molar-refractivity contribution in [1.29, 1.82) is 0 Å². The van der Waals surface area contributed by atoms with Crippen LogP contribution in [-0.4, -0.2) is 33.4 Å². The molecule has 0 saturated carbocycles. The Labute approximate surface area is 135 Å². The van der Waals surface area contributed by atoms with Gasteiger partial charge in [0.15, 0.2) is 0 Å². The van der Waals surface area contributed by atoms with E-state index in [1.165, 1.54) is 16.9 Å². The minimum absolute atomic E-state index is 0.145. The molecule has 0 radical (unpaired) electrons. The molecule has 2 aromatic rings. The number of hydrogen-bond donors (Lipinski definition) is 2. The first-order chi connectivity index (χ1) is 10.7. The maximum Gasteiger partial charge on any atom is 0.254 e. The van der Waals surface area contributed by atoms with Crippen molar-refractivity contribution in [2.24, 2.45) is 5.41 Å². The van der Waals surface area contributed by atoms with E-state index in [0.29, 0.717) is 16.9 Å². The molecule has 1 aromatic carbocycles. The molecule has 0 bridgehead atoms. The molecular formula is C17H22FN3O2. The Morgan fingerprint density at radius 2 is 2.04 bits per heavy atom. The summed E-state index contributed by atoms with van der Waals surface area (Å²) in [5.41, 5.74) is 0.866. The smallest absolute Gasteiger partial charge is 0.254 e. The average Bonchev–Trinajstić information content (AvgIpc) is 2.85. The fourth-order valence-electron chi connectivity index (χ4n) is 2.09. The van der Waals surface area contributed by atoms with Crippen molar-refractivity contribution in [3.8, 4) is 5.69 Å². The maximum absolute atomic E-state index is 13.9. The SMILES string of the molecule is Cc1c(C(=O)NCC(O)C(C)(C)C)cnn1-c1ccccc1F. The lowest BCUT2D eigenvalue weighted by molar-refractivity contribution is 0.0586. The van der Waals surface area contributed by atoms with Gasteiger partial charge in [0.1, 0.15) is 11.5 Å². The number of hydrogen-bond acceptors (Lipinski definition) is 3. The lowest BCUT2D eigenvalue weighted by atomic mass is 9.89. The van der Waals surface area contributed by atoms with E-state index >= 15 is 0 Å². The van der Waals surface area contributed by atoms with Gasteiger partial charge in [-0.05, 0) is 24.5 Å². The zero-order valence-electron chi connectivity index (χ0n) is 13.8. The molecule has 23 heavy (non-hydrogen) atoms. The average molecular weight is 319 g/mol. The molecule has 1 amide bonds. The van der Waals surface area contributed by atoms with E-state index in [2.05, 4.69) is 10.4 Å². The topological polar surface area (TPSA) is 67.2 Å². The number of para-hydroxylation sites is 1. The Hall–Kier alpha value is -2.21. The fraction of sp³-hybridized carbons (Fsp3) is 0.412. The summed E-state index contributed by atoms with van der Waals surface area (Å²) in [7, 11) is 0. The maximum atomic E-state index is 13.9. The van der Waals surface area contributed by atoms with Crippen LogP contribution >= 0.6 is 0 Å². The summed E-state index contributed by atoms with van der Waals surface area (Å²) in [4.78, 5) is 12.3. The van der Waals surface area contributed by atoms with Crippen LogP contribution in [-0.2, 0) is 0 Å². The predicted octanol–water partition coefficient (Wildman–Crippen LogP) is 2.46. The molecule has 0 aliphatic carbocycles. The van der Waals surface area contributed by atoms with Gasteiger partial charge in [0.25, 0.3) is 5.91 Å². The number of aromatic nitrogens is 2. The lowest BCUT2D eigenvalue weighted by Crippen LogP contribution is -2.39. The van der Waals surface area contributed by atoms with E-state index in [1.807, 2.05) is 20.8 Å².